The van der Waals surface area contributed by atoms with Crippen molar-refractivity contribution in [1.29, 1.82) is 0 Å². The summed E-state index contributed by atoms with van der Waals surface area (Å²) >= 11 is 0. The molecule has 1 unspecified atom stereocenters. The Morgan fingerprint density at radius 2 is 1.73 bits per heavy atom. The fraction of sp³-hybridized carbons (Fsp3) is 0.680. The zero-order chi connectivity index (χ0) is 23.4. The second-order valence-corrected chi connectivity index (χ2v) is 11.7. The van der Waals surface area contributed by atoms with Gasteiger partial charge in [0.15, 0.2) is 6.10 Å². The Balaban J connectivity index is 1.25. The smallest absolute Gasteiger partial charge is 0.309 e. The third-order valence-corrected chi connectivity index (χ3v) is 9.34. The van der Waals surface area contributed by atoms with E-state index in [1.165, 1.54) is 29.1 Å². The molecule has 1 saturated carbocycles. The summed E-state index contributed by atoms with van der Waals surface area (Å²) in [7, 11) is -3.57. The number of benzene rings is 1. The number of nitrogens with one attached hydrogen (secondary N) is 1. The van der Waals surface area contributed by atoms with E-state index in [0.29, 0.717) is 30.2 Å². The van der Waals surface area contributed by atoms with Crippen molar-refractivity contribution < 1.29 is 22.7 Å². The summed E-state index contributed by atoms with van der Waals surface area (Å²) in [6.45, 7) is 2.80. The lowest BCUT2D eigenvalue weighted by atomic mass is 9.89. The van der Waals surface area contributed by atoms with Gasteiger partial charge in [-0.15, -0.1) is 0 Å². The highest BCUT2D eigenvalue weighted by molar-refractivity contribution is 7.89. The molecule has 0 spiro atoms. The molecule has 0 radical (unpaired) electrons. The van der Waals surface area contributed by atoms with E-state index in [9.17, 15) is 18.0 Å². The normalized spacial score (nSPS) is 21.4. The third-order valence-electron chi connectivity index (χ3n) is 7.45. The third kappa shape index (κ3) is 5.77. The Morgan fingerprint density at radius 1 is 1.03 bits per heavy atom. The van der Waals surface area contributed by atoms with E-state index in [-0.39, 0.29) is 24.9 Å². The van der Waals surface area contributed by atoms with Crippen LogP contribution in [0.15, 0.2) is 23.1 Å². The van der Waals surface area contributed by atoms with Gasteiger partial charge < -0.3 is 10.1 Å². The van der Waals surface area contributed by atoms with Gasteiger partial charge in [-0.25, -0.2) is 8.42 Å². The number of amides is 1. The van der Waals surface area contributed by atoms with Crippen LogP contribution in [0.5, 0.6) is 0 Å². The number of sulfonamides is 1. The summed E-state index contributed by atoms with van der Waals surface area (Å²) in [4.78, 5) is 25.3. The first-order valence-corrected chi connectivity index (χ1v) is 13.9. The summed E-state index contributed by atoms with van der Waals surface area (Å²) in [5.41, 5.74) is 2.37. The van der Waals surface area contributed by atoms with E-state index in [1.807, 2.05) is 12.1 Å². The lowest BCUT2D eigenvalue weighted by molar-refractivity contribution is -0.159. The minimum atomic E-state index is -3.57. The zero-order valence-corrected chi connectivity index (χ0v) is 20.4. The molecule has 1 amide bonds. The SMILES string of the molecule is CC(OC(=O)C1CCN(S(=O)(=O)c2ccc3c(c2)CCC3)CC1)C(=O)NCC1CCCCC1. The van der Waals surface area contributed by atoms with Crippen LogP contribution in [-0.2, 0) is 37.2 Å². The Hall–Kier alpha value is -1.93. The van der Waals surface area contributed by atoms with Crippen LogP contribution in [0.3, 0.4) is 0 Å². The molecule has 1 aromatic rings. The van der Waals surface area contributed by atoms with Crippen LogP contribution in [0.1, 0.15) is 69.4 Å². The summed E-state index contributed by atoms with van der Waals surface area (Å²) in [6, 6.07) is 5.44. The van der Waals surface area contributed by atoms with Gasteiger partial charge in [0.2, 0.25) is 10.0 Å². The van der Waals surface area contributed by atoms with E-state index in [1.54, 1.807) is 13.0 Å². The lowest BCUT2D eigenvalue weighted by Crippen LogP contribution is -2.43. The maximum absolute atomic E-state index is 13.1. The minimum absolute atomic E-state index is 0.259. The highest BCUT2D eigenvalue weighted by atomic mass is 32.2. The van der Waals surface area contributed by atoms with Crippen LogP contribution in [0.4, 0.5) is 0 Å². The van der Waals surface area contributed by atoms with Gasteiger partial charge in [-0.2, -0.15) is 4.31 Å². The topological polar surface area (TPSA) is 92.8 Å². The Kier molecular flexibility index (Phi) is 7.74. The van der Waals surface area contributed by atoms with Crippen LogP contribution >= 0.6 is 0 Å². The number of hydrogen-bond donors (Lipinski definition) is 1. The molecule has 1 saturated heterocycles. The van der Waals surface area contributed by atoms with Crippen molar-refractivity contribution in [2.75, 3.05) is 19.6 Å². The molecule has 1 aliphatic heterocycles. The van der Waals surface area contributed by atoms with Crippen LogP contribution in [0.25, 0.3) is 0 Å². The van der Waals surface area contributed by atoms with Crippen molar-refractivity contribution in [3.63, 3.8) is 0 Å². The maximum atomic E-state index is 13.1. The summed E-state index contributed by atoms with van der Waals surface area (Å²) in [5.74, 6) is -0.539. The Bertz CT molecular complexity index is 963. The number of rotatable bonds is 7. The monoisotopic (exact) mass is 476 g/mol. The van der Waals surface area contributed by atoms with Gasteiger partial charge >= 0.3 is 5.97 Å². The molecular weight excluding hydrogens is 440 g/mol. The number of nitrogens with zero attached hydrogens (tertiary/aromatic N) is 1. The molecule has 2 fully saturated rings. The van der Waals surface area contributed by atoms with Gasteiger partial charge in [-0.3, -0.25) is 9.59 Å². The van der Waals surface area contributed by atoms with Gasteiger partial charge in [0.05, 0.1) is 10.8 Å². The molecule has 1 heterocycles. The summed E-state index contributed by atoms with van der Waals surface area (Å²) < 4.78 is 33.1. The van der Waals surface area contributed by atoms with Crippen molar-refractivity contribution in [3.8, 4) is 0 Å². The minimum Gasteiger partial charge on any atom is -0.452 e. The number of piperidine rings is 1. The van der Waals surface area contributed by atoms with Crippen molar-refractivity contribution in [2.24, 2.45) is 11.8 Å². The fourth-order valence-electron chi connectivity index (χ4n) is 5.29. The molecule has 7 nitrogen and oxygen atoms in total. The first-order valence-electron chi connectivity index (χ1n) is 12.4. The fourth-order valence-corrected chi connectivity index (χ4v) is 6.81. The highest BCUT2D eigenvalue weighted by Crippen LogP contribution is 2.29. The van der Waals surface area contributed by atoms with Crippen molar-refractivity contribution in [1.82, 2.24) is 9.62 Å². The number of fused-ring (bicyclic) bond motifs is 1. The largest absolute Gasteiger partial charge is 0.452 e. The van der Waals surface area contributed by atoms with Crippen molar-refractivity contribution in [2.45, 2.75) is 82.1 Å². The predicted octanol–water partition coefficient (Wildman–Crippen LogP) is 3.20. The Labute approximate surface area is 197 Å². The summed E-state index contributed by atoms with van der Waals surface area (Å²) in [6.07, 6.45) is 8.96. The number of carbonyl (C=O) groups is 2. The van der Waals surface area contributed by atoms with E-state index in [4.69, 9.17) is 4.74 Å². The number of carbonyl (C=O) groups excluding carboxylic acids is 2. The van der Waals surface area contributed by atoms with Crippen molar-refractivity contribution in [3.05, 3.63) is 29.3 Å². The average Bonchev–Trinajstić information content (AvgIpc) is 3.31. The molecular formula is C25H36N2O5S. The molecule has 182 valence electrons. The molecule has 33 heavy (non-hydrogen) atoms. The first kappa shape index (κ1) is 24.2. The van der Waals surface area contributed by atoms with Crippen LogP contribution < -0.4 is 5.32 Å². The van der Waals surface area contributed by atoms with Crippen LogP contribution in [0.2, 0.25) is 0 Å². The molecule has 2 aliphatic carbocycles. The molecule has 4 rings (SSSR count). The van der Waals surface area contributed by atoms with Gasteiger partial charge in [-0.1, -0.05) is 25.3 Å². The molecule has 1 N–H and O–H groups in total. The molecule has 8 heteroatoms. The van der Waals surface area contributed by atoms with E-state index in [0.717, 1.165) is 37.7 Å². The number of hydrogen-bond acceptors (Lipinski definition) is 5. The van der Waals surface area contributed by atoms with Crippen molar-refractivity contribution >= 4 is 21.9 Å². The molecule has 3 aliphatic rings. The molecule has 1 aromatic carbocycles. The van der Waals surface area contributed by atoms with E-state index in [2.05, 4.69) is 5.32 Å². The van der Waals surface area contributed by atoms with E-state index >= 15 is 0 Å². The van der Waals surface area contributed by atoms with Crippen LogP contribution in [0, 0.1) is 11.8 Å². The quantitative estimate of drug-likeness (QED) is 0.610. The summed E-state index contributed by atoms with van der Waals surface area (Å²) in [5, 5.41) is 2.92. The van der Waals surface area contributed by atoms with E-state index < -0.39 is 22.1 Å². The number of aryl methyl sites for hydroxylation is 2. The van der Waals surface area contributed by atoms with Gasteiger partial charge in [-0.05, 0) is 81.0 Å². The van der Waals surface area contributed by atoms with Gasteiger partial charge in [0, 0.05) is 19.6 Å². The molecule has 0 aromatic heterocycles. The highest BCUT2D eigenvalue weighted by Gasteiger charge is 2.34. The molecule has 1 atom stereocenters. The average molecular weight is 477 g/mol. The van der Waals surface area contributed by atoms with Gasteiger partial charge in [0.25, 0.3) is 5.91 Å². The number of ether oxygens (including phenoxy) is 1. The zero-order valence-electron chi connectivity index (χ0n) is 19.6. The van der Waals surface area contributed by atoms with Gasteiger partial charge in [0.1, 0.15) is 0 Å². The first-order chi connectivity index (χ1) is 15.8. The Morgan fingerprint density at radius 3 is 2.45 bits per heavy atom. The second kappa shape index (κ2) is 10.6. The predicted molar refractivity (Wildman–Crippen MR) is 125 cm³/mol. The van der Waals surface area contributed by atoms with Crippen LogP contribution in [-0.4, -0.2) is 50.3 Å². The standard InChI is InChI=1S/C25H36N2O5S/c1-18(24(28)26-17-19-6-3-2-4-7-19)32-25(29)21-12-14-27(15-13-21)33(30,31)23-11-10-20-8-5-9-22(20)16-23/h10-11,16,18-19,21H,2-9,12-15,17H2,1H3,(H,26,28). The second-order valence-electron chi connectivity index (χ2n) is 9.79. The number of esters is 1. The lowest BCUT2D eigenvalue weighted by Gasteiger charge is -2.30. The molecule has 0 bridgehead atoms. The maximum Gasteiger partial charge on any atom is 0.309 e.